The van der Waals surface area contributed by atoms with Gasteiger partial charge in [0.2, 0.25) is 0 Å². The van der Waals surface area contributed by atoms with Gasteiger partial charge in [-0.15, -0.1) is 11.3 Å². The number of carbonyl (C=O) groups is 2. The molecule has 0 aliphatic heterocycles. The van der Waals surface area contributed by atoms with E-state index in [0.717, 1.165) is 11.3 Å². The van der Waals surface area contributed by atoms with Crippen LogP contribution < -0.4 is 5.32 Å². The number of carbonyl (C=O) groups excluding carboxylic acids is 2. The second-order valence-corrected chi connectivity index (χ2v) is 5.89. The number of hydrogen-bond donors (Lipinski definition) is 1. The number of thiophene rings is 1. The summed E-state index contributed by atoms with van der Waals surface area (Å²) in [6.45, 7) is -0.364. The summed E-state index contributed by atoms with van der Waals surface area (Å²) in [6, 6.07) is 9.75. The SMILES string of the molecule is O=C(COC(=O)c1ccc(Cl)s1)Nc1ccc(Cl)cc1. The van der Waals surface area contributed by atoms with Gasteiger partial charge >= 0.3 is 5.97 Å². The molecule has 1 N–H and O–H groups in total. The Hall–Kier alpha value is -1.56. The molecule has 0 fully saturated rings. The van der Waals surface area contributed by atoms with Crippen molar-refractivity contribution < 1.29 is 14.3 Å². The fourth-order valence-corrected chi connectivity index (χ4v) is 2.42. The Labute approximate surface area is 129 Å². The van der Waals surface area contributed by atoms with E-state index < -0.39 is 11.9 Å². The lowest BCUT2D eigenvalue weighted by molar-refractivity contribution is -0.119. The van der Waals surface area contributed by atoms with E-state index >= 15 is 0 Å². The van der Waals surface area contributed by atoms with Gasteiger partial charge in [0, 0.05) is 10.7 Å². The Morgan fingerprint density at radius 2 is 1.80 bits per heavy atom. The first-order valence-corrected chi connectivity index (χ1v) is 7.10. The van der Waals surface area contributed by atoms with Gasteiger partial charge in [-0.2, -0.15) is 0 Å². The van der Waals surface area contributed by atoms with E-state index in [1.54, 1.807) is 36.4 Å². The summed E-state index contributed by atoms with van der Waals surface area (Å²) in [5, 5.41) is 3.16. The summed E-state index contributed by atoms with van der Waals surface area (Å²) in [5.74, 6) is -1.00. The summed E-state index contributed by atoms with van der Waals surface area (Å²) >= 11 is 12.5. The van der Waals surface area contributed by atoms with Gasteiger partial charge in [0.05, 0.1) is 4.34 Å². The molecule has 0 saturated heterocycles. The molecule has 1 aromatic heterocycles. The average Bonchev–Trinajstić information content (AvgIpc) is 2.85. The number of anilines is 1. The van der Waals surface area contributed by atoms with Crippen LogP contribution in [0.3, 0.4) is 0 Å². The lowest BCUT2D eigenvalue weighted by Gasteiger charge is -2.05. The molecule has 20 heavy (non-hydrogen) atoms. The normalized spacial score (nSPS) is 10.1. The van der Waals surface area contributed by atoms with Crippen LogP contribution in [0.25, 0.3) is 0 Å². The maximum absolute atomic E-state index is 11.6. The van der Waals surface area contributed by atoms with Crippen LogP contribution in [0.15, 0.2) is 36.4 Å². The van der Waals surface area contributed by atoms with Gasteiger partial charge < -0.3 is 10.1 Å². The minimum atomic E-state index is -0.576. The zero-order chi connectivity index (χ0) is 14.5. The zero-order valence-electron chi connectivity index (χ0n) is 10.1. The molecule has 4 nitrogen and oxygen atoms in total. The van der Waals surface area contributed by atoms with Crippen molar-refractivity contribution in [3.63, 3.8) is 0 Å². The maximum atomic E-state index is 11.6. The molecular weight excluding hydrogens is 321 g/mol. The van der Waals surface area contributed by atoms with Crippen LogP contribution in [0.2, 0.25) is 9.36 Å². The topological polar surface area (TPSA) is 55.4 Å². The van der Waals surface area contributed by atoms with Crippen molar-refractivity contribution in [2.24, 2.45) is 0 Å². The Morgan fingerprint density at radius 3 is 2.40 bits per heavy atom. The van der Waals surface area contributed by atoms with Crippen molar-refractivity contribution in [2.45, 2.75) is 0 Å². The minimum absolute atomic E-state index is 0.356. The third-order valence-electron chi connectivity index (χ3n) is 2.24. The molecular formula is C13H9Cl2NO3S. The number of esters is 1. The van der Waals surface area contributed by atoms with Crippen molar-refractivity contribution in [2.75, 3.05) is 11.9 Å². The van der Waals surface area contributed by atoms with Gasteiger partial charge in [0.1, 0.15) is 4.88 Å². The molecule has 1 aromatic carbocycles. The highest BCUT2D eigenvalue weighted by molar-refractivity contribution is 7.17. The maximum Gasteiger partial charge on any atom is 0.348 e. The van der Waals surface area contributed by atoms with E-state index in [0.29, 0.717) is 19.9 Å². The molecule has 1 heterocycles. The van der Waals surface area contributed by atoms with Crippen LogP contribution in [0, 0.1) is 0 Å². The molecule has 0 saturated carbocycles. The van der Waals surface area contributed by atoms with Crippen LogP contribution in [0.1, 0.15) is 9.67 Å². The third-order valence-corrected chi connectivity index (χ3v) is 3.70. The highest BCUT2D eigenvalue weighted by Crippen LogP contribution is 2.22. The Morgan fingerprint density at radius 1 is 1.10 bits per heavy atom. The number of halogens is 2. The van der Waals surface area contributed by atoms with Crippen molar-refractivity contribution in [1.29, 1.82) is 0 Å². The fourth-order valence-electron chi connectivity index (χ4n) is 1.36. The van der Waals surface area contributed by atoms with E-state index in [-0.39, 0.29) is 6.61 Å². The Kier molecular flexibility index (Phi) is 5.00. The van der Waals surface area contributed by atoms with Crippen molar-refractivity contribution in [3.05, 3.63) is 50.6 Å². The number of amides is 1. The molecule has 0 aliphatic rings. The number of nitrogens with one attached hydrogen (secondary N) is 1. The molecule has 2 aromatic rings. The van der Waals surface area contributed by atoms with E-state index in [1.165, 1.54) is 0 Å². The van der Waals surface area contributed by atoms with E-state index in [2.05, 4.69) is 5.32 Å². The zero-order valence-corrected chi connectivity index (χ0v) is 12.4. The van der Waals surface area contributed by atoms with Gasteiger partial charge in [0.15, 0.2) is 6.61 Å². The molecule has 0 aliphatic carbocycles. The average molecular weight is 330 g/mol. The molecule has 0 spiro atoms. The highest BCUT2D eigenvalue weighted by atomic mass is 35.5. The largest absolute Gasteiger partial charge is 0.451 e. The van der Waals surface area contributed by atoms with Crippen molar-refractivity contribution >= 4 is 52.1 Å². The van der Waals surface area contributed by atoms with Crippen molar-refractivity contribution in [3.8, 4) is 0 Å². The van der Waals surface area contributed by atoms with Gasteiger partial charge in [-0.05, 0) is 36.4 Å². The van der Waals surface area contributed by atoms with Crippen LogP contribution in [-0.2, 0) is 9.53 Å². The summed E-state index contributed by atoms with van der Waals surface area (Å²) in [7, 11) is 0. The quantitative estimate of drug-likeness (QED) is 0.867. The highest BCUT2D eigenvalue weighted by Gasteiger charge is 2.12. The number of ether oxygens (including phenoxy) is 1. The number of benzene rings is 1. The van der Waals surface area contributed by atoms with Gasteiger partial charge in [-0.3, -0.25) is 4.79 Å². The smallest absolute Gasteiger partial charge is 0.348 e. The van der Waals surface area contributed by atoms with Crippen LogP contribution in [-0.4, -0.2) is 18.5 Å². The molecule has 0 unspecified atom stereocenters. The molecule has 0 atom stereocenters. The molecule has 1 amide bonds. The first kappa shape index (κ1) is 14.8. The standard InChI is InChI=1S/C13H9Cl2NO3S/c14-8-1-3-9(4-2-8)16-12(17)7-19-13(18)10-5-6-11(15)20-10/h1-6H,7H2,(H,16,17). The summed E-state index contributed by atoms with van der Waals surface area (Å²) in [6.07, 6.45) is 0. The van der Waals surface area contributed by atoms with E-state index in [4.69, 9.17) is 27.9 Å². The van der Waals surface area contributed by atoms with E-state index in [9.17, 15) is 9.59 Å². The lowest BCUT2D eigenvalue weighted by Crippen LogP contribution is -2.20. The minimum Gasteiger partial charge on any atom is -0.451 e. The lowest BCUT2D eigenvalue weighted by atomic mass is 10.3. The molecule has 7 heteroatoms. The van der Waals surface area contributed by atoms with Crippen LogP contribution in [0.5, 0.6) is 0 Å². The fraction of sp³-hybridized carbons (Fsp3) is 0.0769. The van der Waals surface area contributed by atoms with Gasteiger partial charge in [0.25, 0.3) is 5.91 Å². The molecule has 2 rings (SSSR count). The van der Waals surface area contributed by atoms with Crippen LogP contribution in [0.4, 0.5) is 5.69 Å². The summed E-state index contributed by atoms with van der Waals surface area (Å²) in [5.41, 5.74) is 0.578. The predicted octanol–water partition coefficient (Wildman–Crippen LogP) is 3.85. The first-order valence-electron chi connectivity index (χ1n) is 5.52. The predicted molar refractivity (Wildman–Crippen MR) is 79.7 cm³/mol. The van der Waals surface area contributed by atoms with Gasteiger partial charge in [-0.1, -0.05) is 23.2 Å². The van der Waals surface area contributed by atoms with E-state index in [1.807, 2.05) is 0 Å². The monoisotopic (exact) mass is 329 g/mol. The number of rotatable bonds is 4. The Bertz CT molecular complexity index is 625. The second-order valence-electron chi connectivity index (χ2n) is 3.73. The van der Waals surface area contributed by atoms with Crippen molar-refractivity contribution in [1.82, 2.24) is 0 Å². The number of hydrogen-bond acceptors (Lipinski definition) is 4. The first-order chi connectivity index (χ1) is 9.54. The summed E-state index contributed by atoms with van der Waals surface area (Å²) in [4.78, 5) is 23.5. The summed E-state index contributed by atoms with van der Waals surface area (Å²) < 4.78 is 5.36. The third kappa shape index (κ3) is 4.23. The second kappa shape index (κ2) is 6.74. The Balaban J connectivity index is 1.83. The van der Waals surface area contributed by atoms with Gasteiger partial charge in [-0.25, -0.2) is 4.79 Å². The molecule has 0 radical (unpaired) electrons. The molecule has 0 bridgehead atoms. The van der Waals surface area contributed by atoms with Crippen LogP contribution >= 0.6 is 34.5 Å². The molecule has 104 valence electrons.